The third-order valence-corrected chi connectivity index (χ3v) is 2.96. The van der Waals surface area contributed by atoms with Crippen molar-refractivity contribution in [1.82, 2.24) is 0 Å². The Balaban J connectivity index is 2.63. The molecule has 4 heteroatoms. The van der Waals surface area contributed by atoms with Gasteiger partial charge >= 0.3 is 0 Å². The van der Waals surface area contributed by atoms with Crippen molar-refractivity contribution < 1.29 is 19.7 Å². The number of fused-ring (bicyclic) bond motifs is 1. The Morgan fingerprint density at radius 3 is 2.65 bits per heavy atom. The molecule has 0 radical (unpaired) electrons. The van der Waals surface area contributed by atoms with Crippen LogP contribution in [-0.2, 0) is 0 Å². The van der Waals surface area contributed by atoms with E-state index in [0.717, 1.165) is 0 Å². The molecular formula is C13H14O4. The molecule has 17 heavy (non-hydrogen) atoms. The van der Waals surface area contributed by atoms with Crippen LogP contribution in [0.4, 0.5) is 0 Å². The van der Waals surface area contributed by atoms with Crippen molar-refractivity contribution in [3.63, 3.8) is 0 Å². The van der Waals surface area contributed by atoms with E-state index < -0.39 is 5.79 Å². The zero-order chi connectivity index (χ0) is 12.8. The minimum atomic E-state index is -1.38. The van der Waals surface area contributed by atoms with Gasteiger partial charge in [-0.05, 0) is 37.6 Å². The maximum Gasteiger partial charge on any atom is 0.228 e. The van der Waals surface area contributed by atoms with E-state index >= 15 is 0 Å². The maximum absolute atomic E-state index is 11.3. The van der Waals surface area contributed by atoms with Crippen LogP contribution in [0.15, 0.2) is 17.7 Å². The average Bonchev–Trinajstić information content (AvgIpc) is 2.20. The molecule has 1 aromatic carbocycles. The first kappa shape index (κ1) is 11.7. The van der Waals surface area contributed by atoms with Gasteiger partial charge in [0.05, 0.1) is 11.1 Å². The first-order valence-corrected chi connectivity index (χ1v) is 5.30. The van der Waals surface area contributed by atoms with Crippen molar-refractivity contribution in [1.29, 1.82) is 0 Å². The molecule has 2 N–H and O–H groups in total. The molecule has 0 bridgehead atoms. The van der Waals surface area contributed by atoms with Gasteiger partial charge in [0.25, 0.3) is 0 Å². The number of carbonyl (C=O) groups excluding carboxylic acids is 1. The Labute approximate surface area is 99.2 Å². The molecule has 0 saturated heterocycles. The van der Waals surface area contributed by atoms with E-state index in [1.165, 1.54) is 19.9 Å². The number of phenols is 1. The van der Waals surface area contributed by atoms with Gasteiger partial charge in [-0.1, -0.05) is 0 Å². The summed E-state index contributed by atoms with van der Waals surface area (Å²) in [6, 6.07) is 3.06. The third kappa shape index (κ3) is 1.80. The highest BCUT2D eigenvalue weighted by Crippen LogP contribution is 2.40. The van der Waals surface area contributed by atoms with E-state index in [-0.39, 0.29) is 17.1 Å². The summed E-state index contributed by atoms with van der Waals surface area (Å²) in [4.78, 5) is 11.3. The lowest BCUT2D eigenvalue weighted by Crippen LogP contribution is -2.35. The van der Waals surface area contributed by atoms with Crippen LogP contribution in [0.5, 0.6) is 11.5 Å². The van der Waals surface area contributed by atoms with E-state index in [4.69, 9.17) is 4.74 Å². The van der Waals surface area contributed by atoms with E-state index in [9.17, 15) is 15.0 Å². The fourth-order valence-corrected chi connectivity index (χ4v) is 1.75. The number of phenolic OH excluding ortho intramolecular Hbond substituents is 1. The molecule has 0 aliphatic carbocycles. The van der Waals surface area contributed by atoms with Gasteiger partial charge < -0.3 is 14.9 Å². The number of Topliss-reactive ketones (excluding diaryl/α,β-unsaturated/α-hetero) is 1. The molecule has 1 unspecified atom stereocenters. The number of hydrogen-bond acceptors (Lipinski definition) is 4. The van der Waals surface area contributed by atoms with Crippen LogP contribution in [0, 0.1) is 0 Å². The molecule has 0 aromatic heterocycles. The number of ether oxygens (including phenoxy) is 1. The number of aromatic hydroxyl groups is 1. The summed E-state index contributed by atoms with van der Waals surface area (Å²) >= 11 is 0. The minimum absolute atomic E-state index is 0.107. The predicted octanol–water partition coefficient (Wildman–Crippen LogP) is 2.10. The van der Waals surface area contributed by atoms with Crippen LogP contribution in [-0.4, -0.2) is 21.8 Å². The van der Waals surface area contributed by atoms with Crippen LogP contribution in [0.3, 0.4) is 0 Å². The summed E-state index contributed by atoms with van der Waals surface area (Å²) in [6.45, 7) is 4.61. The molecule has 1 aliphatic rings. The van der Waals surface area contributed by atoms with E-state index in [1.54, 1.807) is 19.1 Å². The highest BCUT2D eigenvalue weighted by atomic mass is 16.6. The molecular weight excluding hydrogens is 220 g/mol. The second-order valence-electron chi connectivity index (χ2n) is 4.34. The second kappa shape index (κ2) is 3.60. The number of carbonyl (C=O) groups is 1. The first-order valence-electron chi connectivity index (χ1n) is 5.30. The van der Waals surface area contributed by atoms with Gasteiger partial charge in [0.2, 0.25) is 5.79 Å². The van der Waals surface area contributed by atoms with Crippen LogP contribution in [0.25, 0.3) is 6.08 Å². The minimum Gasteiger partial charge on any atom is -0.506 e. The van der Waals surface area contributed by atoms with Gasteiger partial charge in [0.15, 0.2) is 5.78 Å². The van der Waals surface area contributed by atoms with E-state index in [0.29, 0.717) is 16.9 Å². The van der Waals surface area contributed by atoms with Crippen LogP contribution in [0.1, 0.15) is 36.7 Å². The molecule has 1 aromatic rings. The Morgan fingerprint density at radius 2 is 2.06 bits per heavy atom. The van der Waals surface area contributed by atoms with Gasteiger partial charge in [-0.25, -0.2) is 0 Å². The van der Waals surface area contributed by atoms with Gasteiger partial charge in [-0.15, -0.1) is 0 Å². The van der Waals surface area contributed by atoms with Crippen LogP contribution in [0.2, 0.25) is 0 Å². The van der Waals surface area contributed by atoms with Crippen molar-refractivity contribution in [2.45, 2.75) is 26.6 Å². The Morgan fingerprint density at radius 1 is 1.41 bits per heavy atom. The fraction of sp³-hybridized carbons (Fsp3) is 0.308. The summed E-state index contributed by atoms with van der Waals surface area (Å²) in [5, 5.41) is 19.9. The summed E-state index contributed by atoms with van der Waals surface area (Å²) in [5.74, 6) is -1.33. The van der Waals surface area contributed by atoms with E-state index in [2.05, 4.69) is 0 Å². The molecule has 1 atom stereocenters. The summed E-state index contributed by atoms with van der Waals surface area (Å²) in [5.41, 5.74) is 1.25. The molecule has 1 aliphatic heterocycles. The number of ketones is 1. The summed E-state index contributed by atoms with van der Waals surface area (Å²) < 4.78 is 5.36. The van der Waals surface area contributed by atoms with Gasteiger partial charge in [0.1, 0.15) is 11.5 Å². The predicted molar refractivity (Wildman–Crippen MR) is 63.0 cm³/mol. The average molecular weight is 234 g/mol. The molecule has 0 fully saturated rings. The molecule has 4 nitrogen and oxygen atoms in total. The monoisotopic (exact) mass is 234 g/mol. The maximum atomic E-state index is 11.3. The topological polar surface area (TPSA) is 66.8 Å². The van der Waals surface area contributed by atoms with Crippen molar-refractivity contribution in [2.24, 2.45) is 0 Å². The zero-order valence-corrected chi connectivity index (χ0v) is 9.94. The third-order valence-electron chi connectivity index (χ3n) is 2.96. The lowest BCUT2D eigenvalue weighted by molar-refractivity contribution is -0.0892. The smallest absolute Gasteiger partial charge is 0.228 e. The number of aliphatic hydroxyl groups is 1. The molecule has 90 valence electrons. The highest BCUT2D eigenvalue weighted by Gasteiger charge is 2.31. The second-order valence-corrected chi connectivity index (χ2v) is 4.34. The quantitative estimate of drug-likeness (QED) is 0.730. The number of rotatable bonds is 1. The van der Waals surface area contributed by atoms with E-state index in [1.807, 2.05) is 0 Å². The molecule has 0 spiro atoms. The molecule has 1 heterocycles. The molecule has 0 amide bonds. The Kier molecular flexibility index (Phi) is 2.47. The van der Waals surface area contributed by atoms with Crippen LogP contribution < -0.4 is 4.74 Å². The summed E-state index contributed by atoms with van der Waals surface area (Å²) in [7, 11) is 0. The lowest BCUT2D eigenvalue weighted by atomic mass is 9.97. The van der Waals surface area contributed by atoms with Crippen molar-refractivity contribution in [3.8, 4) is 11.5 Å². The van der Waals surface area contributed by atoms with Gasteiger partial charge in [0, 0.05) is 6.92 Å². The number of benzene rings is 1. The SMILES string of the molecule is CC(=O)c1ccc2c(c1O)C=C(C)C(C)(O)O2. The van der Waals surface area contributed by atoms with Crippen molar-refractivity contribution in [2.75, 3.05) is 0 Å². The van der Waals surface area contributed by atoms with Crippen molar-refractivity contribution in [3.05, 3.63) is 28.8 Å². The molecule has 0 saturated carbocycles. The normalized spacial score (nSPS) is 22.5. The largest absolute Gasteiger partial charge is 0.506 e. The first-order chi connectivity index (χ1) is 7.83. The van der Waals surface area contributed by atoms with Crippen molar-refractivity contribution >= 4 is 11.9 Å². The Hall–Kier alpha value is -1.81. The van der Waals surface area contributed by atoms with Crippen LogP contribution >= 0.6 is 0 Å². The zero-order valence-electron chi connectivity index (χ0n) is 9.94. The lowest BCUT2D eigenvalue weighted by Gasteiger charge is -2.31. The Bertz CT molecular complexity index is 526. The van der Waals surface area contributed by atoms with Gasteiger partial charge in [-0.2, -0.15) is 0 Å². The summed E-state index contributed by atoms with van der Waals surface area (Å²) in [6.07, 6.45) is 1.63. The standard InChI is InChI=1S/C13H14O4/c1-7-6-10-11(17-13(7,3)16)5-4-9(8(2)14)12(10)15/h4-6,15-16H,1-3H3. The number of hydrogen-bond donors (Lipinski definition) is 2. The highest BCUT2D eigenvalue weighted by molar-refractivity contribution is 5.98. The van der Waals surface area contributed by atoms with Gasteiger partial charge in [-0.3, -0.25) is 4.79 Å². The fourth-order valence-electron chi connectivity index (χ4n) is 1.75. The molecule has 2 rings (SSSR count).